The Morgan fingerprint density at radius 1 is 1.57 bits per heavy atom. The van der Waals surface area contributed by atoms with Crippen LogP contribution in [0.25, 0.3) is 0 Å². The van der Waals surface area contributed by atoms with Gasteiger partial charge < -0.3 is 0 Å². The first-order valence-electron chi connectivity index (χ1n) is 5.10. The van der Waals surface area contributed by atoms with Crippen molar-refractivity contribution in [2.24, 2.45) is 0 Å². The molecule has 14 heavy (non-hydrogen) atoms. The second-order valence-corrected chi connectivity index (χ2v) is 4.86. The minimum absolute atomic E-state index is 0.452. The minimum Gasteiger partial charge on any atom is -0.298 e. The van der Waals surface area contributed by atoms with Gasteiger partial charge in [-0.3, -0.25) is 10.3 Å². The summed E-state index contributed by atoms with van der Waals surface area (Å²) in [6.07, 6.45) is 3.20. The number of nitrogens with one attached hydrogen (secondary N) is 1. The lowest BCUT2D eigenvalue weighted by Crippen LogP contribution is -2.24. The second-order valence-electron chi connectivity index (χ2n) is 3.72. The third kappa shape index (κ3) is 2.10. The van der Waals surface area contributed by atoms with Crippen LogP contribution in [0, 0.1) is 6.92 Å². The summed E-state index contributed by atoms with van der Waals surface area (Å²) in [4.78, 5) is 4.32. The Morgan fingerprint density at radius 3 is 3.00 bits per heavy atom. The van der Waals surface area contributed by atoms with E-state index in [1.165, 1.54) is 17.7 Å². The van der Waals surface area contributed by atoms with E-state index in [2.05, 4.69) is 29.4 Å². The predicted molar refractivity (Wildman–Crippen MR) is 61.4 cm³/mol. The Balaban J connectivity index is 2.06. The number of rotatable bonds is 2. The van der Waals surface area contributed by atoms with Crippen LogP contribution in [-0.4, -0.2) is 16.8 Å². The number of pyridine rings is 1. The number of thioether (sulfide) groups is 1. The van der Waals surface area contributed by atoms with E-state index in [0.29, 0.717) is 11.4 Å². The molecule has 2 unspecified atom stereocenters. The monoisotopic (exact) mass is 208 g/mol. The number of aryl methyl sites for hydroxylation is 1. The van der Waals surface area contributed by atoms with Crippen LogP contribution in [-0.2, 0) is 0 Å². The first-order chi connectivity index (χ1) is 6.79. The third-order valence-electron chi connectivity index (χ3n) is 2.58. The molecule has 1 fully saturated rings. The van der Waals surface area contributed by atoms with E-state index in [0.717, 1.165) is 5.69 Å². The number of hydrogen-bond donors (Lipinski definition) is 1. The molecule has 1 N–H and O–H groups in total. The maximum absolute atomic E-state index is 4.32. The fourth-order valence-corrected chi connectivity index (χ4v) is 2.96. The van der Waals surface area contributed by atoms with Crippen molar-refractivity contribution in [3.8, 4) is 0 Å². The largest absolute Gasteiger partial charge is 0.298 e. The summed E-state index contributed by atoms with van der Waals surface area (Å²) in [5, 5.41) is 4.05. The van der Waals surface area contributed by atoms with Crippen LogP contribution in [0.4, 0.5) is 0 Å². The molecular formula is C11H16N2S. The molecule has 0 amide bonds. The van der Waals surface area contributed by atoms with Gasteiger partial charge in [0.1, 0.15) is 0 Å². The highest BCUT2D eigenvalue weighted by Gasteiger charge is 2.23. The van der Waals surface area contributed by atoms with Crippen molar-refractivity contribution in [1.29, 1.82) is 0 Å². The van der Waals surface area contributed by atoms with Crippen molar-refractivity contribution in [1.82, 2.24) is 10.3 Å². The summed E-state index contributed by atoms with van der Waals surface area (Å²) in [6, 6.07) is 4.92. The topological polar surface area (TPSA) is 24.9 Å². The lowest BCUT2D eigenvalue weighted by Gasteiger charge is -2.11. The van der Waals surface area contributed by atoms with Gasteiger partial charge in [-0.05, 0) is 25.0 Å². The van der Waals surface area contributed by atoms with Crippen molar-refractivity contribution < 1.29 is 0 Å². The van der Waals surface area contributed by atoms with Crippen LogP contribution in [0.1, 0.15) is 30.0 Å². The number of hydrogen-bond acceptors (Lipinski definition) is 3. The molecule has 1 aliphatic heterocycles. The van der Waals surface area contributed by atoms with Crippen molar-refractivity contribution in [2.75, 3.05) is 5.75 Å². The van der Waals surface area contributed by atoms with Gasteiger partial charge in [-0.2, -0.15) is 0 Å². The first kappa shape index (κ1) is 9.99. The molecule has 0 bridgehead atoms. The molecule has 1 saturated heterocycles. The molecule has 1 aliphatic rings. The Bertz CT molecular complexity index is 297. The highest BCUT2D eigenvalue weighted by molar-refractivity contribution is 7.99. The van der Waals surface area contributed by atoms with Crippen molar-refractivity contribution in [3.05, 3.63) is 29.6 Å². The molecule has 76 valence electrons. The number of nitrogens with zero attached hydrogens (tertiary/aromatic N) is 1. The van der Waals surface area contributed by atoms with Gasteiger partial charge in [-0.15, -0.1) is 11.8 Å². The summed E-state index contributed by atoms with van der Waals surface area (Å²) < 4.78 is 0. The van der Waals surface area contributed by atoms with Gasteiger partial charge in [-0.1, -0.05) is 13.0 Å². The molecule has 0 spiro atoms. The van der Waals surface area contributed by atoms with Crippen LogP contribution < -0.4 is 5.32 Å². The third-order valence-corrected chi connectivity index (χ3v) is 3.92. The first-order valence-corrected chi connectivity index (χ1v) is 6.14. The van der Waals surface area contributed by atoms with E-state index in [4.69, 9.17) is 0 Å². The second kappa shape index (κ2) is 4.32. The van der Waals surface area contributed by atoms with E-state index in [9.17, 15) is 0 Å². The molecule has 0 aromatic carbocycles. The standard InChI is InChI=1S/C11H16N2S/c1-3-10-7-14-11(13-10)9-5-4-8(2)12-6-9/h4-6,10-11,13H,3,7H2,1-2H3. The summed E-state index contributed by atoms with van der Waals surface area (Å²) in [5.74, 6) is 1.22. The van der Waals surface area contributed by atoms with Crippen LogP contribution in [0.15, 0.2) is 18.3 Å². The van der Waals surface area contributed by atoms with Crippen molar-refractivity contribution in [3.63, 3.8) is 0 Å². The summed E-state index contributed by atoms with van der Waals surface area (Å²) in [5.41, 5.74) is 2.39. The van der Waals surface area contributed by atoms with E-state index in [1.807, 2.05) is 24.9 Å². The predicted octanol–water partition coefficient (Wildman–Crippen LogP) is 2.50. The van der Waals surface area contributed by atoms with Gasteiger partial charge in [0.2, 0.25) is 0 Å². The molecule has 0 saturated carbocycles. The average Bonchev–Trinajstić information content (AvgIpc) is 2.67. The van der Waals surface area contributed by atoms with Gasteiger partial charge in [0.05, 0.1) is 5.37 Å². The van der Waals surface area contributed by atoms with E-state index < -0.39 is 0 Å². The normalized spacial score (nSPS) is 26.7. The zero-order valence-corrected chi connectivity index (χ0v) is 9.47. The molecule has 0 radical (unpaired) electrons. The van der Waals surface area contributed by atoms with Gasteiger partial charge in [0.15, 0.2) is 0 Å². The fraction of sp³-hybridized carbons (Fsp3) is 0.545. The van der Waals surface area contributed by atoms with E-state index >= 15 is 0 Å². The maximum atomic E-state index is 4.32. The molecule has 2 atom stereocenters. The van der Waals surface area contributed by atoms with Gasteiger partial charge >= 0.3 is 0 Å². The highest BCUT2D eigenvalue weighted by Crippen LogP contribution is 2.32. The zero-order chi connectivity index (χ0) is 9.97. The molecule has 1 aromatic rings. The Kier molecular flexibility index (Phi) is 3.08. The van der Waals surface area contributed by atoms with Gasteiger partial charge in [0, 0.05) is 23.7 Å². The molecule has 2 heterocycles. The van der Waals surface area contributed by atoms with Crippen LogP contribution in [0.5, 0.6) is 0 Å². The Hall–Kier alpha value is -0.540. The van der Waals surface area contributed by atoms with Crippen molar-refractivity contribution >= 4 is 11.8 Å². The molecule has 1 aromatic heterocycles. The van der Waals surface area contributed by atoms with E-state index in [-0.39, 0.29) is 0 Å². The quantitative estimate of drug-likeness (QED) is 0.808. The smallest absolute Gasteiger partial charge is 0.0807 e. The number of aromatic nitrogens is 1. The molecular weight excluding hydrogens is 192 g/mol. The van der Waals surface area contributed by atoms with Crippen LogP contribution in [0.2, 0.25) is 0 Å². The highest BCUT2D eigenvalue weighted by atomic mass is 32.2. The molecule has 2 nitrogen and oxygen atoms in total. The zero-order valence-electron chi connectivity index (χ0n) is 8.66. The average molecular weight is 208 g/mol. The van der Waals surface area contributed by atoms with Crippen LogP contribution in [0.3, 0.4) is 0 Å². The Morgan fingerprint density at radius 2 is 2.43 bits per heavy atom. The van der Waals surface area contributed by atoms with Gasteiger partial charge in [0.25, 0.3) is 0 Å². The molecule has 0 aliphatic carbocycles. The summed E-state index contributed by atoms with van der Waals surface area (Å²) in [7, 11) is 0. The van der Waals surface area contributed by atoms with Crippen LogP contribution >= 0.6 is 11.8 Å². The minimum atomic E-state index is 0.452. The maximum Gasteiger partial charge on any atom is 0.0807 e. The van der Waals surface area contributed by atoms with Crippen molar-refractivity contribution in [2.45, 2.75) is 31.7 Å². The molecule has 3 heteroatoms. The molecule has 2 rings (SSSR count). The lowest BCUT2D eigenvalue weighted by molar-refractivity contribution is 0.560. The van der Waals surface area contributed by atoms with E-state index in [1.54, 1.807) is 0 Å². The summed E-state index contributed by atoms with van der Waals surface area (Å²) in [6.45, 7) is 4.25. The fourth-order valence-electron chi connectivity index (χ4n) is 1.59. The summed E-state index contributed by atoms with van der Waals surface area (Å²) >= 11 is 1.98. The van der Waals surface area contributed by atoms with Gasteiger partial charge in [-0.25, -0.2) is 0 Å². The lowest BCUT2D eigenvalue weighted by atomic mass is 10.2. The Labute approximate surface area is 89.5 Å². The SMILES string of the molecule is CCC1CSC(c2ccc(C)nc2)N1.